The molecule has 0 unspecified atom stereocenters. The first-order chi connectivity index (χ1) is 16.6. The van der Waals surface area contributed by atoms with Crippen LogP contribution in [0, 0.1) is 0 Å². The van der Waals surface area contributed by atoms with E-state index < -0.39 is 0 Å². The van der Waals surface area contributed by atoms with Crippen LogP contribution in [-0.4, -0.2) is 52.1 Å². The molecule has 2 aromatic carbocycles. The molecular weight excluding hydrogens is 426 g/mol. The average Bonchev–Trinajstić information content (AvgIpc) is 3.60. The van der Waals surface area contributed by atoms with E-state index in [4.69, 9.17) is 0 Å². The fourth-order valence-electron chi connectivity index (χ4n) is 6.22. The fourth-order valence-corrected chi connectivity index (χ4v) is 6.22. The molecule has 0 N–H and O–H groups in total. The smallest absolute Gasteiger partial charge is 0.222 e. The van der Waals surface area contributed by atoms with E-state index in [1.807, 2.05) is 14.7 Å². The Kier molecular flexibility index (Phi) is 5.39. The lowest BCUT2D eigenvalue weighted by atomic mass is 9.89. The molecule has 3 heterocycles. The van der Waals surface area contributed by atoms with Crippen molar-refractivity contribution in [3.63, 3.8) is 0 Å². The Morgan fingerprint density at radius 1 is 0.647 bits per heavy atom. The van der Waals surface area contributed by atoms with Gasteiger partial charge >= 0.3 is 0 Å². The van der Waals surface area contributed by atoms with Gasteiger partial charge in [0.25, 0.3) is 0 Å². The molecule has 176 valence electrons. The van der Waals surface area contributed by atoms with E-state index in [2.05, 4.69) is 30.3 Å². The molecule has 3 amide bonds. The first kappa shape index (κ1) is 21.4. The van der Waals surface area contributed by atoms with Gasteiger partial charge in [0.05, 0.1) is 0 Å². The number of hydrogen-bond donors (Lipinski definition) is 0. The SMILES string of the molecule is O=C1CCCN1Cc1cc2c(c(CN3CCCC3=O)c1CN1CCCC1=O)-c1ccccc1C2. The summed E-state index contributed by atoms with van der Waals surface area (Å²) in [7, 11) is 0. The standard InChI is InChI=1S/C28H31N3O3/c32-25-8-3-11-29(25)16-21-15-20-14-19-6-1-2-7-22(19)28(20)24(18-31-13-5-10-27(31)34)23(21)17-30-12-4-9-26(30)33/h1-2,6-7,15H,3-5,8-14,16-18H2. The van der Waals surface area contributed by atoms with E-state index in [1.165, 1.54) is 27.8 Å². The second-order valence-electron chi connectivity index (χ2n) is 10.1. The number of amides is 3. The summed E-state index contributed by atoms with van der Waals surface area (Å²) in [5, 5.41) is 0. The first-order valence-corrected chi connectivity index (χ1v) is 12.7. The number of fused-ring (bicyclic) bond motifs is 3. The third-order valence-corrected chi connectivity index (χ3v) is 7.96. The van der Waals surface area contributed by atoms with Gasteiger partial charge in [-0.25, -0.2) is 0 Å². The number of benzene rings is 2. The lowest BCUT2D eigenvalue weighted by Crippen LogP contribution is -2.30. The van der Waals surface area contributed by atoms with E-state index in [0.717, 1.165) is 56.4 Å². The van der Waals surface area contributed by atoms with Crippen molar-refractivity contribution in [2.45, 2.75) is 64.6 Å². The topological polar surface area (TPSA) is 60.9 Å². The Labute approximate surface area is 200 Å². The molecule has 0 radical (unpaired) electrons. The first-order valence-electron chi connectivity index (χ1n) is 12.7. The predicted molar refractivity (Wildman–Crippen MR) is 129 cm³/mol. The number of hydrogen-bond acceptors (Lipinski definition) is 3. The van der Waals surface area contributed by atoms with Crippen molar-refractivity contribution in [3.05, 3.63) is 58.1 Å². The molecule has 1 aliphatic carbocycles. The zero-order valence-corrected chi connectivity index (χ0v) is 19.6. The zero-order valence-electron chi connectivity index (χ0n) is 19.6. The largest absolute Gasteiger partial charge is 0.338 e. The van der Waals surface area contributed by atoms with Crippen LogP contribution in [0.5, 0.6) is 0 Å². The summed E-state index contributed by atoms with van der Waals surface area (Å²) >= 11 is 0. The molecule has 3 fully saturated rings. The van der Waals surface area contributed by atoms with Gasteiger partial charge in [-0.1, -0.05) is 30.3 Å². The summed E-state index contributed by atoms with van der Waals surface area (Å²) in [5.74, 6) is 0.624. The second-order valence-corrected chi connectivity index (χ2v) is 10.1. The van der Waals surface area contributed by atoms with Crippen LogP contribution in [-0.2, 0) is 40.4 Å². The number of carbonyl (C=O) groups excluding carboxylic acids is 3. The summed E-state index contributed by atoms with van der Waals surface area (Å²) in [6.07, 6.45) is 5.41. The van der Waals surface area contributed by atoms with Gasteiger partial charge in [0.15, 0.2) is 0 Å². The molecule has 0 aromatic heterocycles. The van der Waals surface area contributed by atoms with Crippen molar-refractivity contribution in [3.8, 4) is 11.1 Å². The van der Waals surface area contributed by atoms with Crippen LogP contribution in [0.25, 0.3) is 11.1 Å². The molecule has 6 rings (SSSR count). The van der Waals surface area contributed by atoms with Gasteiger partial charge in [0.2, 0.25) is 17.7 Å². The van der Waals surface area contributed by atoms with Crippen molar-refractivity contribution in [2.75, 3.05) is 19.6 Å². The van der Waals surface area contributed by atoms with Crippen molar-refractivity contribution < 1.29 is 14.4 Å². The molecule has 3 saturated heterocycles. The van der Waals surface area contributed by atoms with Crippen LogP contribution in [0.3, 0.4) is 0 Å². The van der Waals surface area contributed by atoms with Crippen molar-refractivity contribution in [1.29, 1.82) is 0 Å². The molecule has 2 aromatic rings. The molecule has 0 saturated carbocycles. The van der Waals surface area contributed by atoms with Crippen LogP contribution in [0.15, 0.2) is 30.3 Å². The highest BCUT2D eigenvalue weighted by molar-refractivity contribution is 5.84. The molecule has 3 aliphatic heterocycles. The minimum atomic E-state index is 0.201. The molecule has 6 nitrogen and oxygen atoms in total. The zero-order chi connectivity index (χ0) is 23.2. The second kappa shape index (κ2) is 8.57. The van der Waals surface area contributed by atoms with Gasteiger partial charge in [0.1, 0.15) is 0 Å². The van der Waals surface area contributed by atoms with E-state index >= 15 is 0 Å². The Balaban J connectivity index is 1.50. The Hall–Kier alpha value is -3.15. The molecule has 4 aliphatic rings. The molecule has 0 atom stereocenters. The lowest BCUT2D eigenvalue weighted by molar-refractivity contribution is -0.129. The average molecular weight is 458 g/mol. The number of nitrogens with zero attached hydrogens (tertiary/aromatic N) is 3. The predicted octanol–water partition coefficient (Wildman–Crippen LogP) is 3.63. The molecule has 0 spiro atoms. The maximum atomic E-state index is 12.6. The summed E-state index contributed by atoms with van der Waals surface area (Å²) in [6, 6.07) is 10.8. The number of rotatable bonds is 6. The van der Waals surface area contributed by atoms with E-state index in [1.54, 1.807) is 0 Å². The maximum Gasteiger partial charge on any atom is 0.222 e. The van der Waals surface area contributed by atoms with Gasteiger partial charge in [-0.15, -0.1) is 0 Å². The highest BCUT2D eigenvalue weighted by Crippen LogP contribution is 2.43. The highest BCUT2D eigenvalue weighted by Gasteiger charge is 2.32. The molecule has 34 heavy (non-hydrogen) atoms. The van der Waals surface area contributed by atoms with Gasteiger partial charge in [-0.05, 0) is 64.6 Å². The minimum Gasteiger partial charge on any atom is -0.338 e. The molecule has 0 bridgehead atoms. The molecular formula is C28H31N3O3. The Morgan fingerprint density at radius 2 is 1.21 bits per heavy atom. The summed E-state index contributed by atoms with van der Waals surface area (Å²) in [6.45, 7) is 4.07. The number of likely N-dealkylation sites (tertiary alicyclic amines) is 3. The molecule has 6 heteroatoms. The van der Waals surface area contributed by atoms with Crippen molar-refractivity contribution in [2.24, 2.45) is 0 Å². The van der Waals surface area contributed by atoms with E-state index in [-0.39, 0.29) is 17.7 Å². The third-order valence-electron chi connectivity index (χ3n) is 7.96. The van der Waals surface area contributed by atoms with E-state index in [9.17, 15) is 14.4 Å². The lowest BCUT2D eigenvalue weighted by Gasteiger charge is -2.28. The van der Waals surface area contributed by atoms with E-state index in [0.29, 0.717) is 38.9 Å². The van der Waals surface area contributed by atoms with Gasteiger partial charge in [-0.2, -0.15) is 0 Å². The summed E-state index contributed by atoms with van der Waals surface area (Å²) in [5.41, 5.74) is 8.54. The quantitative estimate of drug-likeness (QED) is 0.568. The normalized spacial score (nSPS) is 19.5. The summed E-state index contributed by atoms with van der Waals surface area (Å²) < 4.78 is 0. The van der Waals surface area contributed by atoms with Gasteiger partial charge in [0, 0.05) is 58.5 Å². The van der Waals surface area contributed by atoms with Crippen molar-refractivity contribution in [1.82, 2.24) is 14.7 Å². The maximum absolute atomic E-state index is 12.6. The van der Waals surface area contributed by atoms with Gasteiger partial charge in [-0.3, -0.25) is 14.4 Å². The van der Waals surface area contributed by atoms with Crippen LogP contribution >= 0.6 is 0 Å². The van der Waals surface area contributed by atoms with Crippen LogP contribution in [0.1, 0.15) is 66.3 Å². The fraction of sp³-hybridized carbons (Fsp3) is 0.464. The Bertz CT molecular complexity index is 1190. The van der Waals surface area contributed by atoms with Crippen LogP contribution < -0.4 is 0 Å². The highest BCUT2D eigenvalue weighted by atomic mass is 16.2. The van der Waals surface area contributed by atoms with Gasteiger partial charge < -0.3 is 14.7 Å². The third kappa shape index (κ3) is 3.69. The minimum absolute atomic E-state index is 0.201. The van der Waals surface area contributed by atoms with Crippen LogP contribution in [0.4, 0.5) is 0 Å². The van der Waals surface area contributed by atoms with Crippen LogP contribution in [0.2, 0.25) is 0 Å². The Morgan fingerprint density at radius 3 is 1.79 bits per heavy atom. The summed E-state index contributed by atoms with van der Waals surface area (Å²) in [4.78, 5) is 43.7. The number of carbonyl (C=O) groups is 3. The van der Waals surface area contributed by atoms with Crippen molar-refractivity contribution >= 4 is 17.7 Å². The monoisotopic (exact) mass is 457 g/mol.